The van der Waals surface area contributed by atoms with Crippen LogP contribution in [0.5, 0.6) is 11.5 Å². The fourth-order valence-electron chi connectivity index (χ4n) is 2.81. The van der Waals surface area contributed by atoms with Gasteiger partial charge in [-0.05, 0) is 62.9 Å². The zero-order valence-electron chi connectivity index (χ0n) is 18.4. The van der Waals surface area contributed by atoms with E-state index in [0.29, 0.717) is 30.3 Å². The lowest BCUT2D eigenvalue weighted by atomic mass is 10.1. The number of benzene rings is 2. The average Bonchev–Trinajstić information content (AvgIpc) is 2.73. The van der Waals surface area contributed by atoms with Crippen LogP contribution in [0, 0.1) is 13.8 Å². The normalized spacial score (nSPS) is 11.5. The topological polar surface area (TPSA) is 73.9 Å². The van der Waals surface area contributed by atoms with Gasteiger partial charge in [0.25, 0.3) is 5.91 Å². The van der Waals surface area contributed by atoms with Crippen LogP contribution in [0.4, 0.5) is 5.69 Å². The second-order valence-electron chi connectivity index (χ2n) is 7.16. The van der Waals surface area contributed by atoms with Crippen molar-refractivity contribution in [3.63, 3.8) is 0 Å². The van der Waals surface area contributed by atoms with Gasteiger partial charge in [-0.25, -0.2) is 4.79 Å². The van der Waals surface area contributed by atoms with E-state index in [1.54, 1.807) is 25.1 Å². The number of hydrogen-bond donors (Lipinski definition) is 1. The van der Waals surface area contributed by atoms with E-state index in [1.165, 1.54) is 0 Å². The summed E-state index contributed by atoms with van der Waals surface area (Å²) in [6, 6.07) is 10.7. The quantitative estimate of drug-likeness (QED) is 0.551. The van der Waals surface area contributed by atoms with Crippen molar-refractivity contribution in [1.82, 2.24) is 0 Å². The summed E-state index contributed by atoms with van der Waals surface area (Å²) in [5, 5.41) is 2.85. The van der Waals surface area contributed by atoms with Gasteiger partial charge >= 0.3 is 5.97 Å². The molecule has 1 atom stereocenters. The second kappa shape index (κ2) is 11.2. The van der Waals surface area contributed by atoms with E-state index in [-0.39, 0.29) is 5.91 Å². The molecule has 6 heteroatoms. The number of aryl methyl sites for hydroxylation is 2. The van der Waals surface area contributed by atoms with E-state index in [2.05, 4.69) is 5.32 Å². The number of ether oxygens (including phenoxy) is 3. The molecule has 2 aromatic rings. The molecule has 0 spiro atoms. The van der Waals surface area contributed by atoms with Crippen molar-refractivity contribution in [3.8, 4) is 11.5 Å². The van der Waals surface area contributed by atoms with E-state index in [4.69, 9.17) is 14.2 Å². The monoisotopic (exact) mass is 413 g/mol. The minimum absolute atomic E-state index is 0.302. The summed E-state index contributed by atoms with van der Waals surface area (Å²) in [6.07, 6.45) is 0.744. The number of hydrogen-bond acceptors (Lipinski definition) is 5. The third kappa shape index (κ3) is 6.24. The van der Waals surface area contributed by atoms with Crippen LogP contribution in [-0.2, 0) is 9.53 Å². The van der Waals surface area contributed by atoms with Crippen LogP contribution < -0.4 is 14.8 Å². The molecule has 0 fully saturated rings. The molecule has 0 aromatic heterocycles. The van der Waals surface area contributed by atoms with Gasteiger partial charge in [-0.3, -0.25) is 4.79 Å². The van der Waals surface area contributed by atoms with Gasteiger partial charge in [0.2, 0.25) is 0 Å². The van der Waals surface area contributed by atoms with Crippen molar-refractivity contribution < 1.29 is 23.8 Å². The average molecular weight is 414 g/mol. The van der Waals surface area contributed by atoms with Gasteiger partial charge in [-0.15, -0.1) is 0 Å². The van der Waals surface area contributed by atoms with Crippen LogP contribution in [-0.4, -0.2) is 31.2 Å². The fourth-order valence-corrected chi connectivity index (χ4v) is 2.81. The van der Waals surface area contributed by atoms with Gasteiger partial charge in [0.1, 0.15) is 0 Å². The van der Waals surface area contributed by atoms with E-state index < -0.39 is 12.1 Å². The van der Waals surface area contributed by atoms with Crippen LogP contribution in [0.25, 0.3) is 0 Å². The molecule has 0 saturated heterocycles. The molecule has 0 heterocycles. The van der Waals surface area contributed by atoms with E-state index in [9.17, 15) is 9.59 Å². The summed E-state index contributed by atoms with van der Waals surface area (Å²) in [7, 11) is 0. The second-order valence-corrected chi connectivity index (χ2v) is 7.16. The molecular formula is C24H31NO5. The van der Waals surface area contributed by atoms with Crippen LogP contribution in [0.2, 0.25) is 0 Å². The van der Waals surface area contributed by atoms with Crippen LogP contribution >= 0.6 is 0 Å². The Morgan fingerprint density at radius 1 is 0.933 bits per heavy atom. The Bertz CT molecular complexity index is 858. The zero-order valence-corrected chi connectivity index (χ0v) is 18.4. The molecular weight excluding hydrogens is 382 g/mol. The number of anilines is 1. The van der Waals surface area contributed by atoms with Gasteiger partial charge in [0.15, 0.2) is 17.6 Å². The molecule has 0 bridgehead atoms. The highest BCUT2D eigenvalue weighted by atomic mass is 16.5. The first-order chi connectivity index (χ1) is 14.4. The first-order valence-electron chi connectivity index (χ1n) is 10.3. The van der Waals surface area contributed by atoms with Gasteiger partial charge in [-0.2, -0.15) is 0 Å². The third-order valence-corrected chi connectivity index (χ3v) is 4.49. The summed E-state index contributed by atoms with van der Waals surface area (Å²) >= 11 is 0. The molecule has 0 unspecified atom stereocenters. The number of esters is 1. The lowest BCUT2D eigenvalue weighted by molar-refractivity contribution is -0.123. The van der Waals surface area contributed by atoms with E-state index >= 15 is 0 Å². The third-order valence-electron chi connectivity index (χ3n) is 4.49. The molecule has 30 heavy (non-hydrogen) atoms. The van der Waals surface area contributed by atoms with Gasteiger partial charge in [0.05, 0.1) is 18.8 Å². The maximum Gasteiger partial charge on any atom is 0.339 e. The predicted octanol–water partition coefficient (Wildman–Crippen LogP) is 5.07. The Kier molecular flexibility index (Phi) is 8.71. The highest BCUT2D eigenvalue weighted by molar-refractivity contribution is 5.98. The number of rotatable bonds is 10. The molecule has 0 radical (unpaired) electrons. The summed E-state index contributed by atoms with van der Waals surface area (Å²) in [5.74, 6) is 0.101. The standard InChI is InChI=1S/C24H31NO5/c1-6-13-28-20-12-11-19(15-21(20)29-14-7-2)24(27)30-18(5)23(26)25-22-16(3)9-8-10-17(22)4/h8-12,15,18H,6-7,13-14H2,1-5H3,(H,25,26)/t18-/m1/s1. The zero-order chi connectivity index (χ0) is 22.1. The number of amides is 1. The maximum atomic E-state index is 12.6. The molecule has 1 amide bonds. The Balaban J connectivity index is 2.09. The van der Waals surface area contributed by atoms with E-state index in [0.717, 1.165) is 29.7 Å². The van der Waals surface area contributed by atoms with Crippen LogP contribution in [0.3, 0.4) is 0 Å². The van der Waals surface area contributed by atoms with Gasteiger partial charge in [0, 0.05) is 5.69 Å². The summed E-state index contributed by atoms with van der Waals surface area (Å²) < 4.78 is 16.8. The maximum absolute atomic E-state index is 12.6. The van der Waals surface area contributed by atoms with Crippen LogP contribution in [0.15, 0.2) is 36.4 Å². The first kappa shape index (κ1) is 23.3. The Labute approximate surface area is 178 Å². The van der Waals surface area contributed by atoms with Gasteiger partial charge < -0.3 is 19.5 Å². The Hall–Kier alpha value is -3.02. The summed E-state index contributed by atoms with van der Waals surface area (Å²) in [5.41, 5.74) is 2.93. The van der Waals surface area contributed by atoms with Crippen molar-refractivity contribution in [1.29, 1.82) is 0 Å². The lowest BCUT2D eigenvalue weighted by Gasteiger charge is -2.17. The van der Waals surface area contributed by atoms with Crippen LogP contribution in [0.1, 0.15) is 55.1 Å². The molecule has 0 saturated carbocycles. The number of nitrogens with one attached hydrogen (secondary N) is 1. The Morgan fingerprint density at radius 2 is 1.53 bits per heavy atom. The summed E-state index contributed by atoms with van der Waals surface area (Å²) in [4.78, 5) is 25.1. The van der Waals surface area contributed by atoms with E-state index in [1.807, 2.05) is 45.9 Å². The fraction of sp³-hybridized carbons (Fsp3) is 0.417. The summed E-state index contributed by atoms with van der Waals surface area (Å²) in [6.45, 7) is 10.5. The molecule has 2 rings (SSSR count). The van der Waals surface area contributed by atoms with Crippen molar-refractivity contribution in [2.75, 3.05) is 18.5 Å². The lowest BCUT2D eigenvalue weighted by Crippen LogP contribution is -2.30. The van der Waals surface area contributed by atoms with Crippen molar-refractivity contribution in [3.05, 3.63) is 53.1 Å². The highest BCUT2D eigenvalue weighted by Crippen LogP contribution is 2.29. The smallest absolute Gasteiger partial charge is 0.339 e. The molecule has 0 aliphatic rings. The minimum atomic E-state index is -0.951. The van der Waals surface area contributed by atoms with Crippen molar-refractivity contribution in [2.45, 2.75) is 53.6 Å². The molecule has 0 aliphatic heterocycles. The largest absolute Gasteiger partial charge is 0.490 e. The molecule has 0 aliphatic carbocycles. The molecule has 162 valence electrons. The van der Waals surface area contributed by atoms with Crippen molar-refractivity contribution >= 4 is 17.6 Å². The van der Waals surface area contributed by atoms with Crippen molar-refractivity contribution in [2.24, 2.45) is 0 Å². The molecule has 2 aromatic carbocycles. The molecule has 1 N–H and O–H groups in total. The number of carbonyl (C=O) groups is 2. The SMILES string of the molecule is CCCOc1ccc(C(=O)O[C@H](C)C(=O)Nc2c(C)cccc2C)cc1OCCC. The number of para-hydroxylation sites is 1. The highest BCUT2D eigenvalue weighted by Gasteiger charge is 2.21. The number of carbonyl (C=O) groups excluding carboxylic acids is 2. The molecule has 6 nitrogen and oxygen atoms in total. The minimum Gasteiger partial charge on any atom is -0.490 e. The Morgan fingerprint density at radius 3 is 2.13 bits per heavy atom. The van der Waals surface area contributed by atoms with Gasteiger partial charge in [-0.1, -0.05) is 32.0 Å². The first-order valence-corrected chi connectivity index (χ1v) is 10.3. The predicted molar refractivity (Wildman–Crippen MR) is 117 cm³/mol.